The summed E-state index contributed by atoms with van der Waals surface area (Å²) in [6.45, 7) is 0.597. The van der Waals surface area contributed by atoms with Crippen LogP contribution >= 0.6 is 23.2 Å². The maximum atomic E-state index is 12.6. The molecule has 0 aliphatic rings. The van der Waals surface area contributed by atoms with Gasteiger partial charge in [0.05, 0.1) is 32.8 Å². The van der Waals surface area contributed by atoms with E-state index in [1.807, 2.05) is 19.0 Å². The molecule has 3 aromatic rings. The number of hydrogen-bond donors (Lipinski definition) is 2. The molecule has 1 amide bonds. The lowest BCUT2D eigenvalue weighted by atomic mass is 10.1. The van der Waals surface area contributed by atoms with Gasteiger partial charge in [-0.15, -0.1) is 0 Å². The molecule has 0 saturated carbocycles. The van der Waals surface area contributed by atoms with Crippen molar-refractivity contribution in [2.75, 3.05) is 19.4 Å². The number of aromatic hydroxyl groups is 1. The highest BCUT2D eigenvalue weighted by Gasteiger charge is 2.19. The number of nitrogens with zero attached hydrogens (tertiary/aromatic N) is 2. The topological polar surface area (TPSA) is 109 Å². The molecule has 30 heavy (non-hydrogen) atoms. The van der Waals surface area contributed by atoms with E-state index < -0.39 is 10.8 Å². The van der Waals surface area contributed by atoms with Crippen molar-refractivity contribution in [3.63, 3.8) is 0 Å². The van der Waals surface area contributed by atoms with Gasteiger partial charge >= 0.3 is 0 Å². The van der Waals surface area contributed by atoms with Crippen molar-refractivity contribution >= 4 is 40.5 Å². The fourth-order valence-electron chi connectivity index (χ4n) is 2.76. The average molecular weight is 450 g/mol. The molecular formula is C20H17Cl2N3O5. The van der Waals surface area contributed by atoms with E-state index in [1.54, 1.807) is 12.1 Å². The van der Waals surface area contributed by atoms with Gasteiger partial charge in [0.15, 0.2) is 0 Å². The van der Waals surface area contributed by atoms with E-state index in [2.05, 4.69) is 5.32 Å². The molecular weight excluding hydrogens is 433 g/mol. The number of rotatable bonds is 6. The number of anilines is 1. The number of hydrogen-bond acceptors (Lipinski definition) is 6. The number of nitro benzene ring substituents is 1. The minimum absolute atomic E-state index is 0.0104. The zero-order valence-corrected chi connectivity index (χ0v) is 17.5. The third-order valence-electron chi connectivity index (χ3n) is 4.14. The van der Waals surface area contributed by atoms with Crippen LogP contribution in [0, 0.1) is 10.1 Å². The summed E-state index contributed by atoms with van der Waals surface area (Å²) in [5, 5.41) is 23.9. The van der Waals surface area contributed by atoms with Crippen LogP contribution in [0.4, 0.5) is 11.4 Å². The first-order chi connectivity index (χ1) is 14.2. The van der Waals surface area contributed by atoms with Gasteiger partial charge in [-0.2, -0.15) is 0 Å². The monoisotopic (exact) mass is 449 g/mol. The third-order valence-corrected chi connectivity index (χ3v) is 4.77. The summed E-state index contributed by atoms with van der Waals surface area (Å²) in [6, 6.07) is 9.83. The third kappa shape index (κ3) is 4.73. The van der Waals surface area contributed by atoms with E-state index in [1.165, 1.54) is 24.3 Å². The highest BCUT2D eigenvalue weighted by molar-refractivity contribution is 6.35. The normalized spacial score (nSPS) is 11.0. The number of halogens is 2. The van der Waals surface area contributed by atoms with Gasteiger partial charge in [0.2, 0.25) is 0 Å². The molecule has 0 unspecified atom stereocenters. The lowest BCUT2D eigenvalue weighted by molar-refractivity contribution is -0.384. The van der Waals surface area contributed by atoms with Gasteiger partial charge in [0.1, 0.15) is 17.3 Å². The predicted octanol–water partition coefficient (Wildman–Crippen LogP) is 5.18. The Morgan fingerprint density at radius 1 is 1.17 bits per heavy atom. The highest BCUT2D eigenvalue weighted by atomic mass is 35.5. The van der Waals surface area contributed by atoms with Crippen LogP contribution in [0.1, 0.15) is 16.1 Å². The summed E-state index contributed by atoms with van der Waals surface area (Å²) in [4.78, 5) is 24.7. The van der Waals surface area contributed by atoms with Gasteiger partial charge in [0, 0.05) is 17.7 Å². The first-order valence-electron chi connectivity index (χ1n) is 8.67. The van der Waals surface area contributed by atoms with Crippen molar-refractivity contribution in [3.8, 4) is 17.1 Å². The molecule has 0 saturated heterocycles. The molecule has 2 aromatic carbocycles. The smallest absolute Gasteiger partial charge is 0.271 e. The summed E-state index contributed by atoms with van der Waals surface area (Å²) >= 11 is 12.3. The Kier molecular flexibility index (Phi) is 6.31. The Morgan fingerprint density at radius 3 is 2.53 bits per heavy atom. The number of carbonyl (C=O) groups is 1. The summed E-state index contributed by atoms with van der Waals surface area (Å²) in [5.41, 5.74) is 0.300. The number of nitro groups is 1. The minimum atomic E-state index is -0.676. The molecule has 0 bridgehead atoms. The van der Waals surface area contributed by atoms with Gasteiger partial charge in [-0.05, 0) is 44.4 Å². The van der Waals surface area contributed by atoms with Crippen LogP contribution in [0.5, 0.6) is 5.75 Å². The van der Waals surface area contributed by atoms with E-state index in [4.69, 9.17) is 27.6 Å². The van der Waals surface area contributed by atoms with Crippen molar-refractivity contribution < 1.29 is 19.2 Å². The van der Waals surface area contributed by atoms with Crippen LogP contribution in [0.3, 0.4) is 0 Å². The summed E-state index contributed by atoms with van der Waals surface area (Å²) in [7, 11) is 3.82. The Morgan fingerprint density at radius 2 is 1.90 bits per heavy atom. The molecule has 2 N–H and O–H groups in total. The number of carbonyl (C=O) groups excluding carboxylic acids is 1. The van der Waals surface area contributed by atoms with Crippen LogP contribution in [0.15, 0.2) is 46.9 Å². The molecule has 0 aliphatic carbocycles. The second kappa shape index (κ2) is 8.74. The largest absolute Gasteiger partial charge is 0.507 e. The lowest BCUT2D eigenvalue weighted by Crippen LogP contribution is -2.12. The number of furan rings is 1. The fourth-order valence-corrected chi connectivity index (χ4v) is 3.24. The van der Waals surface area contributed by atoms with E-state index >= 15 is 0 Å². The maximum Gasteiger partial charge on any atom is 0.271 e. The van der Waals surface area contributed by atoms with Crippen LogP contribution < -0.4 is 5.32 Å². The molecule has 156 valence electrons. The van der Waals surface area contributed by atoms with Gasteiger partial charge in [-0.3, -0.25) is 14.9 Å². The van der Waals surface area contributed by atoms with Crippen LogP contribution in [-0.4, -0.2) is 34.9 Å². The fraction of sp³-hybridized carbons (Fsp3) is 0.150. The number of phenolic OH excluding ortho intramolecular Hbond substituents is 1. The molecule has 1 aromatic heterocycles. The van der Waals surface area contributed by atoms with E-state index in [9.17, 15) is 20.0 Å². The van der Waals surface area contributed by atoms with Crippen LogP contribution in [0.2, 0.25) is 10.0 Å². The zero-order valence-electron chi connectivity index (χ0n) is 16.0. The zero-order chi connectivity index (χ0) is 22.0. The van der Waals surface area contributed by atoms with Gasteiger partial charge < -0.3 is 19.7 Å². The molecule has 1 heterocycles. The van der Waals surface area contributed by atoms with Crippen LogP contribution in [0.25, 0.3) is 11.3 Å². The van der Waals surface area contributed by atoms with Crippen molar-refractivity contribution in [1.82, 2.24) is 4.90 Å². The Bertz CT molecular complexity index is 1130. The Hall–Kier alpha value is -3.07. The van der Waals surface area contributed by atoms with E-state index in [0.717, 1.165) is 11.8 Å². The number of phenols is 1. The number of benzene rings is 2. The second-order valence-corrected chi connectivity index (χ2v) is 7.54. The first-order valence-corrected chi connectivity index (χ1v) is 9.43. The second-order valence-electron chi connectivity index (χ2n) is 6.73. The Labute approximate surface area is 181 Å². The van der Waals surface area contributed by atoms with Crippen molar-refractivity contribution in [1.29, 1.82) is 0 Å². The standard InChI is InChI=1S/C20H17Cl2N3O5/c1-24(2)10-12-4-6-19(30-12)13-9-18(26)14(8-15(13)21)20(27)23-17-5-3-11(25(28)29)7-16(17)22/h3-9,26H,10H2,1-2H3,(H,23,27). The summed E-state index contributed by atoms with van der Waals surface area (Å²) in [6.07, 6.45) is 0. The summed E-state index contributed by atoms with van der Waals surface area (Å²) < 4.78 is 5.75. The van der Waals surface area contributed by atoms with Gasteiger partial charge in [0.25, 0.3) is 11.6 Å². The van der Waals surface area contributed by atoms with Gasteiger partial charge in [-0.25, -0.2) is 0 Å². The molecule has 0 fully saturated rings. The minimum Gasteiger partial charge on any atom is -0.507 e. The molecule has 0 spiro atoms. The number of non-ortho nitro benzene ring substituents is 1. The quantitative estimate of drug-likeness (QED) is 0.396. The summed E-state index contributed by atoms with van der Waals surface area (Å²) in [5.74, 6) is 0.192. The average Bonchev–Trinajstić information content (AvgIpc) is 3.12. The molecule has 0 aliphatic heterocycles. The van der Waals surface area contributed by atoms with E-state index in [0.29, 0.717) is 17.9 Å². The highest BCUT2D eigenvalue weighted by Crippen LogP contribution is 2.36. The maximum absolute atomic E-state index is 12.6. The van der Waals surface area contributed by atoms with Gasteiger partial charge in [-0.1, -0.05) is 23.2 Å². The van der Waals surface area contributed by atoms with E-state index in [-0.39, 0.29) is 32.7 Å². The molecule has 8 nitrogen and oxygen atoms in total. The SMILES string of the molecule is CN(C)Cc1ccc(-c2cc(O)c(C(=O)Nc3ccc([N+](=O)[O-])cc3Cl)cc2Cl)o1. The predicted molar refractivity (Wildman–Crippen MR) is 114 cm³/mol. The molecule has 0 atom stereocenters. The number of nitrogens with one attached hydrogen (secondary N) is 1. The van der Waals surface area contributed by atoms with Crippen molar-refractivity contribution in [3.05, 3.63) is 73.9 Å². The van der Waals surface area contributed by atoms with Crippen molar-refractivity contribution in [2.24, 2.45) is 0 Å². The molecule has 0 radical (unpaired) electrons. The Balaban J connectivity index is 1.85. The lowest BCUT2D eigenvalue weighted by Gasteiger charge is -2.11. The first kappa shape index (κ1) is 21.6. The van der Waals surface area contributed by atoms with Crippen molar-refractivity contribution in [2.45, 2.75) is 6.54 Å². The van der Waals surface area contributed by atoms with Crippen LogP contribution in [-0.2, 0) is 6.54 Å². The molecule has 10 heteroatoms. The molecule has 3 rings (SSSR count). The number of amides is 1.